The van der Waals surface area contributed by atoms with E-state index in [0.29, 0.717) is 28.0 Å². The molecule has 152 valence electrons. The molecule has 3 heterocycles. The number of amides is 1. The minimum atomic E-state index is -0.0940. The molecular weight excluding hydrogens is 386 g/mol. The minimum Gasteiger partial charge on any atom is -0.342 e. The molecule has 3 aromatic rings. The number of fused-ring (bicyclic) bond motifs is 4. The lowest BCUT2D eigenvalue weighted by molar-refractivity contribution is -0.131. The van der Waals surface area contributed by atoms with Gasteiger partial charge in [-0.1, -0.05) is 43.2 Å². The van der Waals surface area contributed by atoms with Crippen molar-refractivity contribution in [2.24, 2.45) is 18.9 Å². The van der Waals surface area contributed by atoms with Crippen molar-refractivity contribution in [1.29, 1.82) is 0 Å². The van der Waals surface area contributed by atoms with Crippen molar-refractivity contribution in [2.75, 3.05) is 18.8 Å². The highest BCUT2D eigenvalue weighted by Gasteiger charge is 2.33. The van der Waals surface area contributed by atoms with Gasteiger partial charge in [0.25, 0.3) is 5.56 Å². The van der Waals surface area contributed by atoms with Gasteiger partial charge in [-0.3, -0.25) is 18.6 Å². The molecule has 1 aromatic carbocycles. The Balaban J connectivity index is 1.37. The molecule has 7 nitrogen and oxygen atoms in total. The Morgan fingerprint density at radius 1 is 1.14 bits per heavy atom. The second kappa shape index (κ2) is 7.48. The molecule has 8 heteroatoms. The van der Waals surface area contributed by atoms with Gasteiger partial charge in [0.1, 0.15) is 0 Å². The van der Waals surface area contributed by atoms with E-state index in [9.17, 15) is 9.59 Å². The van der Waals surface area contributed by atoms with Crippen molar-refractivity contribution < 1.29 is 4.79 Å². The van der Waals surface area contributed by atoms with Crippen LogP contribution in [0.2, 0.25) is 0 Å². The van der Waals surface area contributed by atoms with Gasteiger partial charge < -0.3 is 4.90 Å². The Morgan fingerprint density at radius 3 is 2.79 bits per heavy atom. The summed E-state index contributed by atoms with van der Waals surface area (Å²) in [4.78, 5) is 27.5. The number of para-hydroxylation sites is 1. The average molecular weight is 412 g/mol. The van der Waals surface area contributed by atoms with Gasteiger partial charge in [-0.25, -0.2) is 0 Å². The molecule has 0 bridgehead atoms. The van der Waals surface area contributed by atoms with Gasteiger partial charge in [-0.2, -0.15) is 0 Å². The van der Waals surface area contributed by atoms with Crippen LogP contribution in [0.5, 0.6) is 0 Å². The van der Waals surface area contributed by atoms with Crippen LogP contribution >= 0.6 is 11.8 Å². The van der Waals surface area contributed by atoms with Gasteiger partial charge in [0, 0.05) is 20.1 Å². The number of hydrogen-bond acceptors (Lipinski definition) is 5. The van der Waals surface area contributed by atoms with Crippen molar-refractivity contribution in [3.8, 4) is 0 Å². The van der Waals surface area contributed by atoms with Crippen LogP contribution in [0.1, 0.15) is 32.1 Å². The number of piperidine rings is 1. The molecule has 5 rings (SSSR count). The molecule has 0 spiro atoms. The van der Waals surface area contributed by atoms with Gasteiger partial charge >= 0.3 is 0 Å². The molecule has 2 fully saturated rings. The van der Waals surface area contributed by atoms with Crippen LogP contribution in [0.4, 0.5) is 0 Å². The number of thioether (sulfide) groups is 1. The van der Waals surface area contributed by atoms with E-state index in [1.807, 2.05) is 33.6 Å². The first-order valence-electron chi connectivity index (χ1n) is 10.4. The summed E-state index contributed by atoms with van der Waals surface area (Å²) in [5.41, 5.74) is 0.678. The largest absolute Gasteiger partial charge is 0.342 e. The smallest absolute Gasteiger partial charge is 0.262 e. The summed E-state index contributed by atoms with van der Waals surface area (Å²) in [5, 5.41) is 9.75. The first kappa shape index (κ1) is 18.7. The van der Waals surface area contributed by atoms with E-state index in [1.165, 1.54) is 42.0 Å². The number of nitrogens with zero attached hydrogens (tertiary/aromatic N) is 5. The van der Waals surface area contributed by atoms with Crippen LogP contribution in [-0.4, -0.2) is 48.8 Å². The van der Waals surface area contributed by atoms with E-state index < -0.39 is 0 Å². The van der Waals surface area contributed by atoms with Crippen molar-refractivity contribution in [2.45, 2.75) is 37.3 Å². The summed E-state index contributed by atoms with van der Waals surface area (Å²) in [7, 11) is 1.70. The molecule has 29 heavy (non-hydrogen) atoms. The lowest BCUT2D eigenvalue weighted by Crippen LogP contribution is -2.45. The molecule has 0 unspecified atom stereocenters. The number of aryl methyl sites for hydroxylation is 1. The van der Waals surface area contributed by atoms with E-state index >= 15 is 0 Å². The molecule has 0 radical (unpaired) electrons. The van der Waals surface area contributed by atoms with Gasteiger partial charge in [0.2, 0.25) is 11.7 Å². The van der Waals surface area contributed by atoms with E-state index in [-0.39, 0.29) is 11.5 Å². The fourth-order valence-corrected chi connectivity index (χ4v) is 5.79. The second-order valence-electron chi connectivity index (χ2n) is 8.22. The lowest BCUT2D eigenvalue weighted by atomic mass is 9.75. The number of benzene rings is 1. The average Bonchev–Trinajstić information content (AvgIpc) is 3.19. The molecule has 2 atom stereocenters. The zero-order chi connectivity index (χ0) is 20.0. The first-order valence-corrected chi connectivity index (χ1v) is 11.4. The monoisotopic (exact) mass is 411 g/mol. The molecule has 0 N–H and O–H groups in total. The van der Waals surface area contributed by atoms with Gasteiger partial charge in [-0.05, 0) is 36.8 Å². The van der Waals surface area contributed by atoms with Crippen molar-refractivity contribution in [1.82, 2.24) is 24.1 Å². The Bertz CT molecular complexity index is 1140. The van der Waals surface area contributed by atoms with E-state index in [1.54, 1.807) is 7.05 Å². The molecule has 1 amide bonds. The maximum absolute atomic E-state index is 12.9. The zero-order valence-electron chi connectivity index (χ0n) is 16.6. The Morgan fingerprint density at radius 2 is 1.93 bits per heavy atom. The SMILES string of the molecule is Cn1c(=O)c2ccccc2n2c(SCC(=O)N3CC[C@H]4CCCC[C@@H]4C3)nnc12. The number of carbonyl (C=O) groups is 1. The predicted octanol–water partition coefficient (Wildman–Crippen LogP) is 2.71. The summed E-state index contributed by atoms with van der Waals surface area (Å²) in [5.74, 6) is 2.50. The lowest BCUT2D eigenvalue weighted by Gasteiger charge is -2.41. The van der Waals surface area contributed by atoms with Crippen LogP contribution in [0.3, 0.4) is 0 Å². The predicted molar refractivity (Wildman–Crippen MR) is 113 cm³/mol. The fourth-order valence-electron chi connectivity index (χ4n) is 4.95. The second-order valence-corrected chi connectivity index (χ2v) is 9.16. The molecule has 1 aliphatic carbocycles. The van der Waals surface area contributed by atoms with Crippen LogP contribution in [0.25, 0.3) is 16.7 Å². The summed E-state index contributed by atoms with van der Waals surface area (Å²) in [6.45, 7) is 1.78. The van der Waals surface area contributed by atoms with Crippen LogP contribution in [0.15, 0.2) is 34.2 Å². The summed E-state index contributed by atoms with van der Waals surface area (Å²) in [6.07, 6.45) is 6.38. The number of likely N-dealkylation sites (tertiary alicyclic amines) is 1. The Hall–Kier alpha value is -2.35. The van der Waals surface area contributed by atoms with Gasteiger partial charge in [0.15, 0.2) is 5.16 Å². The molecule has 2 aromatic heterocycles. The number of hydrogen-bond donors (Lipinski definition) is 0. The minimum absolute atomic E-state index is 0.0940. The number of carbonyl (C=O) groups excluding carboxylic acids is 1. The highest BCUT2D eigenvalue weighted by Crippen LogP contribution is 2.36. The Kier molecular flexibility index (Phi) is 4.81. The van der Waals surface area contributed by atoms with E-state index in [0.717, 1.165) is 30.9 Å². The highest BCUT2D eigenvalue weighted by atomic mass is 32.2. The van der Waals surface area contributed by atoms with Crippen LogP contribution < -0.4 is 5.56 Å². The summed E-state index contributed by atoms with van der Waals surface area (Å²) >= 11 is 1.40. The first-order chi connectivity index (χ1) is 14.1. The van der Waals surface area contributed by atoms with Crippen molar-refractivity contribution >= 4 is 34.3 Å². The molecular formula is C21H25N5O2S. The zero-order valence-corrected chi connectivity index (χ0v) is 17.4. The van der Waals surface area contributed by atoms with Gasteiger partial charge in [0.05, 0.1) is 16.7 Å². The van der Waals surface area contributed by atoms with Crippen molar-refractivity contribution in [3.05, 3.63) is 34.6 Å². The number of aromatic nitrogens is 4. The molecule has 1 aliphatic heterocycles. The normalized spacial score (nSPS) is 22.2. The quantitative estimate of drug-likeness (QED) is 0.620. The summed E-state index contributed by atoms with van der Waals surface area (Å²) in [6, 6.07) is 7.46. The van der Waals surface area contributed by atoms with Gasteiger partial charge in [-0.15, -0.1) is 10.2 Å². The standard InChI is InChI=1S/C21H25N5O2S/c1-24-19(28)16-8-4-5-9-17(16)26-20(24)22-23-21(26)29-13-18(27)25-11-10-14-6-2-3-7-15(14)12-25/h4-5,8-9,14-15H,2-3,6-7,10-13H2,1H3/t14-,15-/m1/s1. The molecule has 2 aliphatic rings. The number of rotatable bonds is 3. The van der Waals surface area contributed by atoms with E-state index in [4.69, 9.17) is 0 Å². The van der Waals surface area contributed by atoms with Crippen LogP contribution in [-0.2, 0) is 11.8 Å². The third-order valence-electron chi connectivity index (χ3n) is 6.56. The Labute approximate surface area is 173 Å². The third kappa shape index (κ3) is 3.23. The maximum atomic E-state index is 12.9. The maximum Gasteiger partial charge on any atom is 0.262 e. The van der Waals surface area contributed by atoms with E-state index in [2.05, 4.69) is 10.2 Å². The summed E-state index contributed by atoms with van der Waals surface area (Å²) < 4.78 is 3.39. The topological polar surface area (TPSA) is 72.5 Å². The molecule has 1 saturated heterocycles. The van der Waals surface area contributed by atoms with Crippen molar-refractivity contribution in [3.63, 3.8) is 0 Å². The molecule has 1 saturated carbocycles. The highest BCUT2D eigenvalue weighted by molar-refractivity contribution is 7.99. The van der Waals surface area contributed by atoms with Crippen LogP contribution in [0, 0.1) is 11.8 Å². The third-order valence-corrected chi connectivity index (χ3v) is 7.48. The fraction of sp³-hybridized carbons (Fsp3) is 0.524.